The van der Waals surface area contributed by atoms with Gasteiger partial charge in [-0.05, 0) is 11.6 Å². The van der Waals surface area contributed by atoms with Crippen LogP contribution in [0.25, 0.3) is 0 Å². The van der Waals surface area contributed by atoms with Crippen LogP contribution in [0.2, 0.25) is 0 Å². The fourth-order valence-electron chi connectivity index (χ4n) is 1.16. The van der Waals surface area contributed by atoms with Crippen molar-refractivity contribution in [3.05, 3.63) is 29.8 Å². The van der Waals surface area contributed by atoms with Crippen LogP contribution >= 0.6 is 0 Å². The molecule has 0 aliphatic carbocycles. The second kappa shape index (κ2) is 5.36. The molecule has 4 heteroatoms. The van der Waals surface area contributed by atoms with Crippen LogP contribution in [0.3, 0.4) is 0 Å². The molecule has 5 N–H and O–H groups in total. The Kier molecular flexibility index (Phi) is 4.10. The summed E-state index contributed by atoms with van der Waals surface area (Å²) in [6, 6.07) is 7.46. The molecule has 0 heterocycles. The van der Waals surface area contributed by atoms with E-state index in [4.69, 9.17) is 11.5 Å². The van der Waals surface area contributed by atoms with Gasteiger partial charge in [0.25, 0.3) is 0 Å². The van der Waals surface area contributed by atoms with Crippen molar-refractivity contribution in [1.82, 2.24) is 0 Å². The molecule has 76 valence electrons. The Morgan fingerprint density at radius 2 is 2.00 bits per heavy atom. The van der Waals surface area contributed by atoms with Gasteiger partial charge in [0, 0.05) is 25.2 Å². The van der Waals surface area contributed by atoms with Crippen molar-refractivity contribution < 1.29 is 4.79 Å². The van der Waals surface area contributed by atoms with E-state index in [1.807, 2.05) is 24.3 Å². The van der Waals surface area contributed by atoms with Crippen molar-refractivity contribution in [2.75, 3.05) is 11.9 Å². The van der Waals surface area contributed by atoms with E-state index < -0.39 is 0 Å². The quantitative estimate of drug-likeness (QED) is 0.648. The Hall–Kier alpha value is -1.39. The van der Waals surface area contributed by atoms with Gasteiger partial charge in [-0.15, -0.1) is 0 Å². The van der Waals surface area contributed by atoms with Gasteiger partial charge < -0.3 is 16.8 Å². The molecule has 0 radical (unpaired) electrons. The SMILES string of the molecule is NCCC(=O)Nc1ccccc1CN. The summed E-state index contributed by atoms with van der Waals surface area (Å²) in [5, 5.41) is 2.76. The first-order valence-electron chi connectivity index (χ1n) is 4.56. The van der Waals surface area contributed by atoms with E-state index in [2.05, 4.69) is 5.32 Å². The summed E-state index contributed by atoms with van der Waals surface area (Å²) in [5.74, 6) is -0.0756. The highest BCUT2D eigenvalue weighted by Gasteiger charge is 2.03. The minimum atomic E-state index is -0.0756. The number of rotatable bonds is 4. The maximum Gasteiger partial charge on any atom is 0.225 e. The lowest BCUT2D eigenvalue weighted by Gasteiger charge is -2.08. The lowest BCUT2D eigenvalue weighted by atomic mass is 10.2. The molecule has 0 saturated carbocycles. The summed E-state index contributed by atoms with van der Waals surface area (Å²) in [6.07, 6.45) is 0.332. The normalized spacial score (nSPS) is 9.86. The van der Waals surface area contributed by atoms with Crippen LogP contribution in [0.15, 0.2) is 24.3 Å². The number of carbonyl (C=O) groups is 1. The van der Waals surface area contributed by atoms with Crippen LogP contribution in [0.4, 0.5) is 5.69 Å². The van der Waals surface area contributed by atoms with Gasteiger partial charge >= 0.3 is 0 Å². The summed E-state index contributed by atoms with van der Waals surface area (Å²) >= 11 is 0. The Balaban J connectivity index is 2.70. The topological polar surface area (TPSA) is 81.1 Å². The van der Waals surface area contributed by atoms with Crippen LogP contribution in [-0.4, -0.2) is 12.5 Å². The van der Waals surface area contributed by atoms with Crippen LogP contribution < -0.4 is 16.8 Å². The van der Waals surface area contributed by atoms with E-state index in [-0.39, 0.29) is 5.91 Å². The monoisotopic (exact) mass is 193 g/mol. The van der Waals surface area contributed by atoms with Gasteiger partial charge in [-0.1, -0.05) is 18.2 Å². The second-order valence-electron chi connectivity index (χ2n) is 2.95. The average molecular weight is 193 g/mol. The van der Waals surface area contributed by atoms with E-state index in [9.17, 15) is 4.79 Å². The third kappa shape index (κ3) is 2.83. The molecule has 1 rings (SSSR count). The smallest absolute Gasteiger partial charge is 0.225 e. The molecular formula is C10H15N3O. The van der Waals surface area contributed by atoms with Crippen LogP contribution in [0.5, 0.6) is 0 Å². The van der Waals surface area contributed by atoms with Crippen LogP contribution in [0.1, 0.15) is 12.0 Å². The van der Waals surface area contributed by atoms with E-state index in [1.165, 1.54) is 0 Å². The predicted molar refractivity (Wildman–Crippen MR) is 56.6 cm³/mol. The molecule has 1 aromatic carbocycles. The Labute approximate surface area is 83.3 Å². The molecular weight excluding hydrogens is 178 g/mol. The summed E-state index contributed by atoms with van der Waals surface area (Å²) in [7, 11) is 0. The molecule has 0 aromatic heterocycles. The van der Waals surface area contributed by atoms with Gasteiger partial charge in [0.1, 0.15) is 0 Å². The van der Waals surface area contributed by atoms with E-state index in [1.54, 1.807) is 0 Å². The molecule has 14 heavy (non-hydrogen) atoms. The zero-order valence-electron chi connectivity index (χ0n) is 7.99. The number of carbonyl (C=O) groups excluding carboxylic acids is 1. The molecule has 4 nitrogen and oxygen atoms in total. The van der Waals surface area contributed by atoms with Crippen LogP contribution in [0, 0.1) is 0 Å². The van der Waals surface area contributed by atoms with Gasteiger partial charge in [-0.2, -0.15) is 0 Å². The molecule has 0 aliphatic heterocycles. The number of nitrogens with two attached hydrogens (primary N) is 2. The molecule has 0 saturated heterocycles. The Morgan fingerprint density at radius 3 is 2.64 bits per heavy atom. The van der Waals surface area contributed by atoms with Crippen molar-refractivity contribution in [2.24, 2.45) is 11.5 Å². The highest BCUT2D eigenvalue weighted by Crippen LogP contribution is 2.13. The molecule has 0 aliphatic rings. The standard InChI is InChI=1S/C10H15N3O/c11-6-5-10(14)13-9-4-2-1-3-8(9)7-12/h1-4H,5-7,11-12H2,(H,13,14). The minimum Gasteiger partial charge on any atom is -0.330 e. The largest absolute Gasteiger partial charge is 0.330 e. The van der Waals surface area contributed by atoms with Crippen LogP contribution in [-0.2, 0) is 11.3 Å². The third-order valence-electron chi connectivity index (χ3n) is 1.88. The van der Waals surface area contributed by atoms with E-state index in [0.717, 1.165) is 11.3 Å². The van der Waals surface area contributed by atoms with Crippen molar-refractivity contribution in [1.29, 1.82) is 0 Å². The fraction of sp³-hybridized carbons (Fsp3) is 0.300. The molecule has 0 atom stereocenters. The highest BCUT2D eigenvalue weighted by atomic mass is 16.1. The Bertz CT molecular complexity index is 312. The number of hydrogen-bond donors (Lipinski definition) is 3. The summed E-state index contributed by atoms with van der Waals surface area (Å²) in [6.45, 7) is 0.774. The van der Waals surface area contributed by atoms with Gasteiger partial charge in [-0.3, -0.25) is 4.79 Å². The van der Waals surface area contributed by atoms with Gasteiger partial charge in [-0.25, -0.2) is 0 Å². The third-order valence-corrected chi connectivity index (χ3v) is 1.88. The molecule has 0 spiro atoms. The Morgan fingerprint density at radius 1 is 1.29 bits per heavy atom. The first kappa shape index (κ1) is 10.7. The van der Waals surface area contributed by atoms with Crippen molar-refractivity contribution in [3.63, 3.8) is 0 Å². The van der Waals surface area contributed by atoms with E-state index >= 15 is 0 Å². The minimum absolute atomic E-state index is 0.0756. The second-order valence-corrected chi connectivity index (χ2v) is 2.95. The molecule has 0 unspecified atom stereocenters. The number of amides is 1. The molecule has 1 aromatic rings. The van der Waals surface area contributed by atoms with Crippen molar-refractivity contribution >= 4 is 11.6 Å². The zero-order chi connectivity index (χ0) is 10.4. The lowest BCUT2D eigenvalue weighted by molar-refractivity contribution is -0.116. The molecule has 0 bridgehead atoms. The zero-order valence-corrected chi connectivity index (χ0v) is 7.99. The summed E-state index contributed by atoms with van der Waals surface area (Å²) in [5.41, 5.74) is 12.5. The fourth-order valence-corrected chi connectivity index (χ4v) is 1.16. The van der Waals surface area contributed by atoms with Gasteiger partial charge in [0.2, 0.25) is 5.91 Å². The number of para-hydroxylation sites is 1. The van der Waals surface area contributed by atoms with Crippen molar-refractivity contribution in [2.45, 2.75) is 13.0 Å². The number of anilines is 1. The van der Waals surface area contributed by atoms with Gasteiger partial charge in [0.05, 0.1) is 0 Å². The summed E-state index contributed by atoms with van der Waals surface area (Å²) < 4.78 is 0. The highest BCUT2D eigenvalue weighted by molar-refractivity contribution is 5.91. The first-order valence-corrected chi connectivity index (χ1v) is 4.56. The number of benzene rings is 1. The summed E-state index contributed by atoms with van der Waals surface area (Å²) in [4.78, 5) is 11.2. The average Bonchev–Trinajstić information content (AvgIpc) is 2.19. The predicted octanol–water partition coefficient (Wildman–Crippen LogP) is 0.433. The van der Waals surface area contributed by atoms with E-state index in [0.29, 0.717) is 19.5 Å². The first-order chi connectivity index (χ1) is 6.77. The number of hydrogen-bond acceptors (Lipinski definition) is 3. The molecule has 1 amide bonds. The van der Waals surface area contributed by atoms with Crippen molar-refractivity contribution in [3.8, 4) is 0 Å². The number of nitrogens with one attached hydrogen (secondary N) is 1. The molecule has 0 fully saturated rings. The van der Waals surface area contributed by atoms with Gasteiger partial charge in [0.15, 0.2) is 0 Å². The maximum absolute atomic E-state index is 11.2. The lowest BCUT2D eigenvalue weighted by Crippen LogP contribution is -2.17. The maximum atomic E-state index is 11.2.